The van der Waals surface area contributed by atoms with Crippen LogP contribution in [0.3, 0.4) is 0 Å². The topological polar surface area (TPSA) is 68.2 Å². The van der Waals surface area contributed by atoms with Crippen LogP contribution in [0.4, 0.5) is 0 Å². The van der Waals surface area contributed by atoms with Crippen molar-refractivity contribution in [2.24, 2.45) is 17.1 Å². The van der Waals surface area contributed by atoms with Gasteiger partial charge < -0.3 is 10.8 Å². The van der Waals surface area contributed by atoms with Crippen LogP contribution < -0.4 is 5.73 Å². The van der Waals surface area contributed by atoms with Gasteiger partial charge in [-0.1, -0.05) is 13.3 Å². The van der Waals surface area contributed by atoms with Crippen molar-refractivity contribution in [1.82, 2.24) is 4.57 Å². The van der Waals surface area contributed by atoms with E-state index in [0.29, 0.717) is 18.3 Å². The molecule has 4 nitrogen and oxygen atoms in total. The maximum atomic E-state index is 12.9. The highest BCUT2D eigenvalue weighted by Crippen LogP contribution is 2.59. The van der Waals surface area contributed by atoms with Gasteiger partial charge >= 0.3 is 0 Å². The molecule has 1 aliphatic heterocycles. The lowest BCUT2D eigenvalue weighted by Crippen LogP contribution is -2.52. The predicted octanol–water partition coefficient (Wildman–Crippen LogP) is 3.16. The Balaban J connectivity index is 1.89. The van der Waals surface area contributed by atoms with Crippen molar-refractivity contribution in [3.05, 3.63) is 29.5 Å². The summed E-state index contributed by atoms with van der Waals surface area (Å²) in [5.41, 5.74) is 9.95. The number of nitrogens with two attached hydrogens (primary N) is 1. The molecule has 2 aliphatic carbocycles. The third kappa shape index (κ3) is 1.57. The Morgan fingerprint density at radius 1 is 1.39 bits per heavy atom. The molecule has 1 saturated carbocycles. The van der Waals surface area contributed by atoms with Crippen LogP contribution in [0.15, 0.2) is 18.2 Å². The fourth-order valence-corrected chi connectivity index (χ4v) is 5.76. The van der Waals surface area contributed by atoms with Crippen molar-refractivity contribution in [3.8, 4) is 5.75 Å². The molecule has 0 radical (unpaired) electrons. The lowest BCUT2D eigenvalue weighted by atomic mass is 9.54. The molecule has 4 heteroatoms. The van der Waals surface area contributed by atoms with E-state index in [1.165, 1.54) is 24.1 Å². The average molecular weight is 310 g/mol. The number of nitrogens with zero attached hydrogens (tertiary/aromatic N) is 1. The summed E-state index contributed by atoms with van der Waals surface area (Å²) < 4.78 is 1.95. The number of hydrogen-bond donors (Lipinski definition) is 2. The molecule has 3 aliphatic rings. The van der Waals surface area contributed by atoms with Gasteiger partial charge in [0.25, 0.3) is 0 Å². The van der Waals surface area contributed by atoms with Gasteiger partial charge in [0.1, 0.15) is 5.75 Å². The molecule has 5 rings (SSSR count). The Labute approximate surface area is 135 Å². The van der Waals surface area contributed by atoms with Gasteiger partial charge in [0.05, 0.1) is 5.52 Å². The van der Waals surface area contributed by atoms with E-state index < -0.39 is 0 Å². The quantitative estimate of drug-likeness (QED) is 0.785. The predicted molar refractivity (Wildman–Crippen MR) is 88.7 cm³/mol. The number of phenolic OH excluding ortho intramolecular Hbond substituents is 1. The molecular formula is C19H22N2O2. The van der Waals surface area contributed by atoms with Gasteiger partial charge in [-0.2, -0.15) is 0 Å². The van der Waals surface area contributed by atoms with E-state index >= 15 is 0 Å². The minimum absolute atomic E-state index is 0.0409. The lowest BCUT2D eigenvalue weighted by molar-refractivity contribution is 0.0449. The molecule has 4 atom stereocenters. The second-order valence-electron chi connectivity index (χ2n) is 8.03. The molecule has 0 amide bonds. The number of aromatic hydroxyl groups is 1. The number of carbonyl (C=O) groups is 1. The van der Waals surface area contributed by atoms with Gasteiger partial charge in [-0.05, 0) is 54.4 Å². The summed E-state index contributed by atoms with van der Waals surface area (Å²) in [6.07, 6.45) is 4.88. The van der Waals surface area contributed by atoms with E-state index in [2.05, 4.69) is 6.92 Å². The van der Waals surface area contributed by atoms with E-state index in [-0.39, 0.29) is 23.1 Å². The first kappa shape index (κ1) is 13.6. The summed E-state index contributed by atoms with van der Waals surface area (Å²) in [6, 6.07) is 5.52. The highest BCUT2D eigenvalue weighted by atomic mass is 16.3. The summed E-state index contributed by atoms with van der Waals surface area (Å²) in [7, 11) is 0. The largest absolute Gasteiger partial charge is 0.508 e. The average Bonchev–Trinajstić information content (AvgIpc) is 2.81. The number of phenols is 1. The fraction of sp³-hybridized carbons (Fsp3) is 0.526. The van der Waals surface area contributed by atoms with Crippen LogP contribution in [0.5, 0.6) is 5.75 Å². The van der Waals surface area contributed by atoms with Crippen LogP contribution in [0.1, 0.15) is 54.6 Å². The Bertz CT molecular complexity index is 853. The molecule has 0 spiro atoms. The highest BCUT2D eigenvalue weighted by Gasteiger charge is 2.53. The van der Waals surface area contributed by atoms with Crippen molar-refractivity contribution in [1.29, 1.82) is 0 Å². The summed E-state index contributed by atoms with van der Waals surface area (Å²) >= 11 is 0. The van der Waals surface area contributed by atoms with E-state index in [0.717, 1.165) is 23.7 Å². The van der Waals surface area contributed by atoms with E-state index in [9.17, 15) is 9.90 Å². The zero-order valence-corrected chi connectivity index (χ0v) is 13.4. The van der Waals surface area contributed by atoms with Crippen LogP contribution in [-0.4, -0.2) is 21.6 Å². The van der Waals surface area contributed by atoms with Crippen molar-refractivity contribution in [2.45, 2.75) is 51.0 Å². The highest BCUT2D eigenvalue weighted by molar-refractivity contribution is 5.98. The van der Waals surface area contributed by atoms with E-state index in [1.54, 1.807) is 12.1 Å². The minimum atomic E-state index is 0.0409. The third-order valence-electron chi connectivity index (χ3n) is 6.65. The molecule has 23 heavy (non-hydrogen) atoms. The second kappa shape index (κ2) is 4.18. The number of rotatable bonds is 0. The lowest BCUT2D eigenvalue weighted by Gasteiger charge is -2.53. The number of aromatic nitrogens is 1. The number of carbonyl (C=O) groups excluding carboxylic acids is 1. The first-order chi connectivity index (χ1) is 11.0. The minimum Gasteiger partial charge on any atom is -0.508 e. The van der Waals surface area contributed by atoms with Gasteiger partial charge in [0.2, 0.25) is 5.91 Å². The summed E-state index contributed by atoms with van der Waals surface area (Å²) in [6.45, 7) is 2.28. The maximum Gasteiger partial charge on any atom is 0.231 e. The Morgan fingerprint density at radius 2 is 2.22 bits per heavy atom. The van der Waals surface area contributed by atoms with Gasteiger partial charge in [-0.25, -0.2) is 0 Å². The summed E-state index contributed by atoms with van der Waals surface area (Å²) in [5, 5.41) is 10.9. The van der Waals surface area contributed by atoms with E-state index in [1.807, 2.05) is 10.6 Å². The number of fused-ring (bicyclic) bond motifs is 3. The standard InChI is InChI=1S/C19H22N2O2/c1-19-6-2-3-11-14(20)8-13-12-7-10(22)4-5-15(12)21(16(23)9-19)18(13)17(11)19/h4-5,7,11,14,17,22H,2-3,6,8-9,20H2,1H3/t11-,14+,17-,19+/m0/s1. The molecule has 2 heterocycles. The zero-order valence-electron chi connectivity index (χ0n) is 13.4. The molecule has 1 aromatic heterocycles. The van der Waals surface area contributed by atoms with Crippen LogP contribution in [-0.2, 0) is 6.42 Å². The molecule has 0 bridgehead atoms. The zero-order chi connectivity index (χ0) is 15.9. The van der Waals surface area contributed by atoms with Crippen molar-refractivity contribution >= 4 is 16.8 Å². The van der Waals surface area contributed by atoms with Crippen LogP contribution in [0.25, 0.3) is 10.9 Å². The number of benzene rings is 1. The second-order valence-corrected chi connectivity index (χ2v) is 8.03. The Kier molecular flexibility index (Phi) is 2.47. The van der Waals surface area contributed by atoms with Crippen molar-refractivity contribution in [2.75, 3.05) is 0 Å². The molecular weight excluding hydrogens is 288 g/mol. The molecule has 2 aromatic rings. The van der Waals surface area contributed by atoms with E-state index in [4.69, 9.17) is 5.73 Å². The molecule has 0 saturated heterocycles. The SMILES string of the molecule is C[C@@]12CCC[C@H]3[C@H](N)Cc4c(n(c5ccc(O)cc45)C(=O)C1)[C@H]32. The molecule has 3 N–H and O–H groups in total. The molecule has 120 valence electrons. The van der Waals surface area contributed by atoms with Gasteiger partial charge in [-0.3, -0.25) is 9.36 Å². The van der Waals surface area contributed by atoms with Crippen LogP contribution >= 0.6 is 0 Å². The first-order valence-electron chi connectivity index (χ1n) is 8.64. The summed E-state index contributed by atoms with van der Waals surface area (Å²) in [5.74, 6) is 1.32. The first-order valence-corrected chi connectivity index (χ1v) is 8.64. The molecule has 1 fully saturated rings. The Hall–Kier alpha value is -1.81. The van der Waals surface area contributed by atoms with Crippen molar-refractivity contribution < 1.29 is 9.90 Å². The van der Waals surface area contributed by atoms with Gasteiger partial charge in [0.15, 0.2) is 0 Å². The normalized spacial score (nSPS) is 35.4. The van der Waals surface area contributed by atoms with Crippen LogP contribution in [0.2, 0.25) is 0 Å². The third-order valence-corrected chi connectivity index (χ3v) is 6.65. The maximum absolute atomic E-state index is 12.9. The molecule has 0 unspecified atom stereocenters. The Morgan fingerprint density at radius 3 is 3.04 bits per heavy atom. The van der Waals surface area contributed by atoms with Crippen LogP contribution in [0, 0.1) is 11.3 Å². The molecule has 1 aromatic carbocycles. The van der Waals surface area contributed by atoms with Gasteiger partial charge in [0, 0.05) is 29.5 Å². The monoisotopic (exact) mass is 310 g/mol. The fourth-order valence-electron chi connectivity index (χ4n) is 5.76. The summed E-state index contributed by atoms with van der Waals surface area (Å²) in [4.78, 5) is 12.9. The van der Waals surface area contributed by atoms with Crippen molar-refractivity contribution in [3.63, 3.8) is 0 Å². The number of hydrogen-bond acceptors (Lipinski definition) is 3. The smallest absolute Gasteiger partial charge is 0.231 e. The van der Waals surface area contributed by atoms with Gasteiger partial charge in [-0.15, -0.1) is 0 Å².